The Bertz CT molecular complexity index is 611. The molecule has 0 aliphatic heterocycles. The first kappa shape index (κ1) is 14.7. The third-order valence-electron chi connectivity index (χ3n) is 2.97. The first-order valence-corrected chi connectivity index (χ1v) is 6.71. The van der Waals surface area contributed by atoms with E-state index in [1.807, 2.05) is 13.0 Å². The van der Waals surface area contributed by atoms with Crippen LogP contribution in [-0.4, -0.2) is 20.3 Å². The highest BCUT2D eigenvalue weighted by Crippen LogP contribution is 2.20. The molecular weight excluding hydrogens is 255 g/mol. The molecular formula is C15H21FN4. The van der Waals surface area contributed by atoms with Crippen molar-refractivity contribution in [3.05, 3.63) is 41.2 Å². The molecule has 0 aliphatic rings. The van der Waals surface area contributed by atoms with Crippen LogP contribution in [0.5, 0.6) is 0 Å². The molecule has 0 unspecified atom stereocenters. The topological polar surface area (TPSA) is 42.7 Å². The minimum atomic E-state index is -0.286. The molecule has 4 nitrogen and oxygen atoms in total. The number of nitrogens with zero attached hydrogens (tertiary/aromatic N) is 3. The number of hydrogen-bond donors (Lipinski definition) is 1. The van der Waals surface area contributed by atoms with Gasteiger partial charge in [0.1, 0.15) is 23.2 Å². The molecule has 0 spiro atoms. The van der Waals surface area contributed by atoms with Crippen LogP contribution in [0.2, 0.25) is 0 Å². The molecule has 0 saturated carbocycles. The lowest BCUT2D eigenvalue weighted by atomic mass is 10.1. The predicted molar refractivity (Wildman–Crippen MR) is 77.4 cm³/mol. The third-order valence-corrected chi connectivity index (χ3v) is 2.97. The van der Waals surface area contributed by atoms with Gasteiger partial charge in [-0.2, -0.15) is 5.10 Å². The monoisotopic (exact) mass is 276 g/mol. The van der Waals surface area contributed by atoms with Crippen LogP contribution in [0, 0.1) is 19.7 Å². The Morgan fingerprint density at radius 2 is 1.95 bits per heavy atom. The summed E-state index contributed by atoms with van der Waals surface area (Å²) in [6.45, 7) is 10.4. The molecule has 0 radical (unpaired) electrons. The maximum atomic E-state index is 14.2. The second kappa shape index (κ2) is 5.32. The van der Waals surface area contributed by atoms with Crippen molar-refractivity contribution in [1.29, 1.82) is 0 Å². The second-order valence-electron chi connectivity index (χ2n) is 5.97. The van der Waals surface area contributed by atoms with Crippen molar-refractivity contribution >= 4 is 0 Å². The average molecular weight is 276 g/mol. The summed E-state index contributed by atoms with van der Waals surface area (Å²) >= 11 is 0. The molecule has 0 aliphatic carbocycles. The van der Waals surface area contributed by atoms with Crippen LogP contribution in [0.1, 0.15) is 38.0 Å². The lowest BCUT2D eigenvalue weighted by Crippen LogP contribution is -2.35. The summed E-state index contributed by atoms with van der Waals surface area (Å²) in [5.74, 6) is 1.04. The van der Waals surface area contributed by atoms with Gasteiger partial charge in [0.15, 0.2) is 0 Å². The molecule has 1 aromatic carbocycles. The SMILES string of the molecule is Cc1nc(C)n(-c2c(F)cccc2CNC(C)(C)C)n1. The van der Waals surface area contributed by atoms with E-state index < -0.39 is 0 Å². The molecule has 0 atom stereocenters. The fraction of sp³-hybridized carbons (Fsp3) is 0.467. The summed E-state index contributed by atoms with van der Waals surface area (Å²) in [6, 6.07) is 5.08. The van der Waals surface area contributed by atoms with Gasteiger partial charge in [-0.25, -0.2) is 14.1 Å². The highest BCUT2D eigenvalue weighted by molar-refractivity contribution is 5.42. The van der Waals surface area contributed by atoms with Crippen LogP contribution < -0.4 is 5.32 Å². The van der Waals surface area contributed by atoms with Gasteiger partial charge < -0.3 is 5.32 Å². The minimum absolute atomic E-state index is 0.0308. The Hall–Kier alpha value is -1.75. The fourth-order valence-corrected chi connectivity index (χ4v) is 2.03. The lowest BCUT2D eigenvalue weighted by molar-refractivity contribution is 0.423. The van der Waals surface area contributed by atoms with E-state index in [0.29, 0.717) is 23.9 Å². The predicted octanol–water partition coefficient (Wildman–Crippen LogP) is 2.91. The fourth-order valence-electron chi connectivity index (χ4n) is 2.03. The smallest absolute Gasteiger partial charge is 0.149 e. The largest absolute Gasteiger partial charge is 0.308 e. The highest BCUT2D eigenvalue weighted by atomic mass is 19.1. The van der Waals surface area contributed by atoms with Gasteiger partial charge in [-0.15, -0.1) is 0 Å². The van der Waals surface area contributed by atoms with Crippen molar-refractivity contribution in [3.8, 4) is 5.69 Å². The Balaban J connectivity index is 2.44. The number of halogens is 1. The maximum Gasteiger partial charge on any atom is 0.149 e. The van der Waals surface area contributed by atoms with Crippen LogP contribution in [0.4, 0.5) is 4.39 Å². The quantitative estimate of drug-likeness (QED) is 0.937. The third kappa shape index (κ3) is 3.22. The maximum absolute atomic E-state index is 14.2. The average Bonchev–Trinajstić information content (AvgIpc) is 2.64. The molecule has 0 amide bonds. The zero-order chi connectivity index (χ0) is 14.9. The van der Waals surface area contributed by atoms with Crippen molar-refractivity contribution in [3.63, 3.8) is 0 Å². The molecule has 1 heterocycles. The Labute approximate surface area is 119 Å². The number of rotatable bonds is 3. The summed E-state index contributed by atoms with van der Waals surface area (Å²) < 4.78 is 15.8. The second-order valence-corrected chi connectivity index (χ2v) is 5.97. The van der Waals surface area contributed by atoms with Crippen molar-refractivity contribution < 1.29 is 4.39 Å². The van der Waals surface area contributed by atoms with Crippen LogP contribution >= 0.6 is 0 Å². The summed E-state index contributed by atoms with van der Waals surface area (Å²) in [7, 11) is 0. The van der Waals surface area contributed by atoms with Crippen molar-refractivity contribution in [2.75, 3.05) is 0 Å². The van der Waals surface area contributed by atoms with Gasteiger partial charge >= 0.3 is 0 Å². The van der Waals surface area contributed by atoms with E-state index in [0.717, 1.165) is 5.56 Å². The molecule has 2 rings (SSSR count). The number of benzene rings is 1. The molecule has 5 heteroatoms. The van der Waals surface area contributed by atoms with E-state index in [4.69, 9.17) is 0 Å². The van der Waals surface area contributed by atoms with Crippen molar-refractivity contribution in [1.82, 2.24) is 20.1 Å². The van der Waals surface area contributed by atoms with E-state index in [-0.39, 0.29) is 11.4 Å². The summed E-state index contributed by atoms with van der Waals surface area (Å²) in [4.78, 5) is 4.24. The normalized spacial score (nSPS) is 11.9. The highest BCUT2D eigenvalue weighted by Gasteiger charge is 2.16. The van der Waals surface area contributed by atoms with Crippen LogP contribution in [0.3, 0.4) is 0 Å². The zero-order valence-corrected chi connectivity index (χ0v) is 12.7. The standard InChI is InChI=1S/C15H21FN4/c1-10-18-11(2)20(19-10)14-12(7-6-8-13(14)16)9-17-15(3,4)5/h6-8,17H,9H2,1-5H3. The first-order valence-electron chi connectivity index (χ1n) is 6.71. The lowest BCUT2D eigenvalue weighted by Gasteiger charge is -2.22. The Morgan fingerprint density at radius 3 is 2.50 bits per heavy atom. The number of aryl methyl sites for hydroxylation is 2. The van der Waals surface area contributed by atoms with Gasteiger partial charge in [0.05, 0.1) is 0 Å². The molecule has 0 saturated heterocycles. The Morgan fingerprint density at radius 1 is 1.25 bits per heavy atom. The van der Waals surface area contributed by atoms with E-state index in [2.05, 4.69) is 36.2 Å². The van der Waals surface area contributed by atoms with Crippen LogP contribution in [-0.2, 0) is 6.54 Å². The number of nitrogens with one attached hydrogen (secondary N) is 1. The van der Waals surface area contributed by atoms with Gasteiger partial charge in [0, 0.05) is 12.1 Å². The molecule has 1 N–H and O–H groups in total. The van der Waals surface area contributed by atoms with Gasteiger partial charge in [-0.1, -0.05) is 12.1 Å². The zero-order valence-electron chi connectivity index (χ0n) is 12.7. The van der Waals surface area contributed by atoms with Gasteiger partial charge in [0.25, 0.3) is 0 Å². The molecule has 0 bridgehead atoms. The number of hydrogen-bond acceptors (Lipinski definition) is 3. The summed E-state index contributed by atoms with van der Waals surface area (Å²) in [6.07, 6.45) is 0. The van der Waals surface area contributed by atoms with E-state index >= 15 is 0 Å². The van der Waals surface area contributed by atoms with E-state index in [1.165, 1.54) is 6.07 Å². The minimum Gasteiger partial charge on any atom is -0.308 e. The van der Waals surface area contributed by atoms with Crippen molar-refractivity contribution in [2.24, 2.45) is 0 Å². The first-order chi connectivity index (χ1) is 9.28. The van der Waals surface area contributed by atoms with Crippen LogP contribution in [0.25, 0.3) is 5.69 Å². The number of aromatic nitrogens is 3. The summed E-state index contributed by atoms with van der Waals surface area (Å²) in [5.41, 5.74) is 1.31. The van der Waals surface area contributed by atoms with Gasteiger partial charge in [-0.3, -0.25) is 0 Å². The summed E-state index contributed by atoms with van der Waals surface area (Å²) in [5, 5.41) is 7.66. The Kier molecular flexibility index (Phi) is 3.90. The molecule has 2 aromatic rings. The van der Waals surface area contributed by atoms with Crippen molar-refractivity contribution in [2.45, 2.75) is 46.7 Å². The molecule has 0 fully saturated rings. The van der Waals surface area contributed by atoms with Crippen LogP contribution in [0.15, 0.2) is 18.2 Å². The van der Waals surface area contributed by atoms with Gasteiger partial charge in [0.2, 0.25) is 0 Å². The van der Waals surface area contributed by atoms with Gasteiger partial charge in [-0.05, 0) is 46.2 Å². The van der Waals surface area contributed by atoms with E-state index in [1.54, 1.807) is 17.7 Å². The molecule has 1 aromatic heterocycles. The number of para-hydroxylation sites is 1. The van der Waals surface area contributed by atoms with E-state index in [9.17, 15) is 4.39 Å². The molecule has 20 heavy (non-hydrogen) atoms. The molecule has 108 valence electrons.